The normalized spacial score (nSPS) is 15.8. The summed E-state index contributed by atoms with van der Waals surface area (Å²) in [4.78, 5) is 17.9. The number of rotatable bonds is 4. The smallest absolute Gasteiger partial charge is 0.331 e. The summed E-state index contributed by atoms with van der Waals surface area (Å²) in [6.45, 7) is 2.24. The quantitative estimate of drug-likeness (QED) is 0.942. The zero-order valence-corrected chi connectivity index (χ0v) is 12.3. The van der Waals surface area contributed by atoms with E-state index < -0.39 is 5.97 Å². The molecule has 4 nitrogen and oxygen atoms in total. The molecule has 0 unspecified atom stereocenters. The lowest BCUT2D eigenvalue weighted by atomic mass is 9.94. The zero-order valence-electron chi connectivity index (χ0n) is 12.3. The van der Waals surface area contributed by atoms with Crippen molar-refractivity contribution in [3.8, 4) is 0 Å². The lowest BCUT2D eigenvalue weighted by molar-refractivity contribution is -0.132. The summed E-state index contributed by atoms with van der Waals surface area (Å²) in [6, 6.07) is 14.0. The van der Waals surface area contributed by atoms with Gasteiger partial charge in [0.1, 0.15) is 0 Å². The molecule has 0 atom stereocenters. The number of hydrogen-bond acceptors (Lipinski definition) is 3. The number of nitrogens with zero attached hydrogens (tertiary/aromatic N) is 2. The SMILES string of the molecule is O=C(O)C1=C(c2cccnc2)CN(Cc2ccccc2)CC1. The number of carbonyl (C=O) groups is 1. The third-order valence-corrected chi connectivity index (χ3v) is 3.94. The Hall–Kier alpha value is -2.46. The van der Waals surface area contributed by atoms with Crippen LogP contribution < -0.4 is 0 Å². The van der Waals surface area contributed by atoms with Crippen LogP contribution in [0.4, 0.5) is 0 Å². The van der Waals surface area contributed by atoms with Crippen molar-refractivity contribution in [1.29, 1.82) is 0 Å². The Kier molecular flexibility index (Phi) is 4.30. The number of aliphatic carboxylic acids is 1. The van der Waals surface area contributed by atoms with Crippen LogP contribution in [-0.4, -0.2) is 34.0 Å². The molecule has 0 saturated carbocycles. The highest BCUT2D eigenvalue weighted by Crippen LogP contribution is 2.27. The monoisotopic (exact) mass is 294 g/mol. The largest absolute Gasteiger partial charge is 0.478 e. The average molecular weight is 294 g/mol. The van der Waals surface area contributed by atoms with Gasteiger partial charge in [0.25, 0.3) is 0 Å². The van der Waals surface area contributed by atoms with Crippen LogP contribution in [0.3, 0.4) is 0 Å². The Morgan fingerprint density at radius 2 is 2.00 bits per heavy atom. The predicted molar refractivity (Wildman–Crippen MR) is 85.1 cm³/mol. The minimum atomic E-state index is -0.821. The van der Waals surface area contributed by atoms with Gasteiger partial charge in [-0.15, -0.1) is 0 Å². The number of benzene rings is 1. The first kappa shape index (κ1) is 14.5. The Morgan fingerprint density at radius 1 is 1.18 bits per heavy atom. The lowest BCUT2D eigenvalue weighted by Gasteiger charge is -2.29. The molecule has 0 fully saturated rings. The maximum absolute atomic E-state index is 11.5. The fourth-order valence-electron chi connectivity index (χ4n) is 2.84. The number of pyridine rings is 1. The van der Waals surface area contributed by atoms with Gasteiger partial charge < -0.3 is 5.11 Å². The van der Waals surface area contributed by atoms with Gasteiger partial charge in [-0.2, -0.15) is 0 Å². The Morgan fingerprint density at radius 3 is 2.68 bits per heavy atom. The van der Waals surface area contributed by atoms with Gasteiger partial charge in [0.15, 0.2) is 0 Å². The third-order valence-electron chi connectivity index (χ3n) is 3.94. The van der Waals surface area contributed by atoms with Crippen LogP contribution in [0.5, 0.6) is 0 Å². The Bertz CT molecular complexity index is 681. The van der Waals surface area contributed by atoms with E-state index in [9.17, 15) is 9.90 Å². The summed E-state index contributed by atoms with van der Waals surface area (Å²) in [5.41, 5.74) is 3.53. The molecule has 112 valence electrons. The number of hydrogen-bond donors (Lipinski definition) is 1. The van der Waals surface area contributed by atoms with Crippen LogP contribution in [0.1, 0.15) is 17.5 Å². The average Bonchev–Trinajstić information content (AvgIpc) is 2.56. The second kappa shape index (κ2) is 6.54. The van der Waals surface area contributed by atoms with Crippen molar-refractivity contribution in [2.45, 2.75) is 13.0 Å². The van der Waals surface area contributed by atoms with Crippen LogP contribution in [0, 0.1) is 0 Å². The predicted octanol–water partition coefficient (Wildman–Crippen LogP) is 2.83. The van der Waals surface area contributed by atoms with Crippen LogP contribution in [0.2, 0.25) is 0 Å². The summed E-state index contributed by atoms with van der Waals surface area (Å²) in [7, 11) is 0. The second-order valence-electron chi connectivity index (χ2n) is 5.45. The van der Waals surface area contributed by atoms with E-state index >= 15 is 0 Å². The summed E-state index contributed by atoms with van der Waals surface area (Å²) < 4.78 is 0. The highest BCUT2D eigenvalue weighted by molar-refractivity contribution is 5.97. The number of carboxylic acids is 1. The molecule has 0 radical (unpaired) electrons. The molecule has 2 aromatic rings. The standard InChI is InChI=1S/C18H18N2O2/c21-18(22)16-8-10-20(12-14-5-2-1-3-6-14)13-17(16)15-7-4-9-19-11-15/h1-7,9,11H,8,10,12-13H2,(H,21,22). The first-order valence-corrected chi connectivity index (χ1v) is 7.36. The van der Waals surface area contributed by atoms with Crippen LogP contribution in [0.25, 0.3) is 5.57 Å². The topological polar surface area (TPSA) is 53.4 Å². The Balaban J connectivity index is 1.85. The van der Waals surface area contributed by atoms with E-state index in [2.05, 4.69) is 22.0 Å². The van der Waals surface area contributed by atoms with Crippen LogP contribution >= 0.6 is 0 Å². The van der Waals surface area contributed by atoms with Gasteiger partial charge in [0.05, 0.1) is 0 Å². The van der Waals surface area contributed by atoms with E-state index in [1.807, 2.05) is 30.3 Å². The molecule has 1 aliphatic heterocycles. The first-order chi connectivity index (χ1) is 10.7. The molecule has 2 heterocycles. The van der Waals surface area contributed by atoms with E-state index in [0.717, 1.165) is 24.2 Å². The van der Waals surface area contributed by atoms with Gasteiger partial charge in [-0.25, -0.2) is 4.79 Å². The summed E-state index contributed by atoms with van der Waals surface area (Å²) >= 11 is 0. The second-order valence-corrected chi connectivity index (χ2v) is 5.45. The van der Waals surface area contributed by atoms with E-state index in [1.165, 1.54) is 5.56 Å². The molecule has 0 bridgehead atoms. The van der Waals surface area contributed by atoms with E-state index in [-0.39, 0.29) is 0 Å². The molecule has 1 aromatic heterocycles. The zero-order chi connectivity index (χ0) is 15.4. The highest BCUT2D eigenvalue weighted by Gasteiger charge is 2.24. The minimum Gasteiger partial charge on any atom is -0.478 e. The molecule has 1 aromatic carbocycles. The van der Waals surface area contributed by atoms with Gasteiger partial charge in [0, 0.05) is 37.6 Å². The van der Waals surface area contributed by atoms with Crippen molar-refractivity contribution >= 4 is 11.5 Å². The lowest BCUT2D eigenvalue weighted by Crippen LogP contribution is -2.32. The molecule has 4 heteroatoms. The molecule has 1 aliphatic rings. The van der Waals surface area contributed by atoms with Crippen molar-refractivity contribution < 1.29 is 9.90 Å². The summed E-state index contributed by atoms with van der Waals surface area (Å²) in [5.74, 6) is -0.821. The fraction of sp³-hybridized carbons (Fsp3) is 0.222. The van der Waals surface area contributed by atoms with Gasteiger partial charge in [-0.3, -0.25) is 9.88 Å². The molecule has 0 spiro atoms. The maximum atomic E-state index is 11.5. The third kappa shape index (κ3) is 3.23. The molecular formula is C18H18N2O2. The van der Waals surface area contributed by atoms with Crippen molar-refractivity contribution in [3.05, 3.63) is 71.6 Å². The van der Waals surface area contributed by atoms with Gasteiger partial charge in [-0.1, -0.05) is 36.4 Å². The van der Waals surface area contributed by atoms with E-state index in [1.54, 1.807) is 12.4 Å². The maximum Gasteiger partial charge on any atom is 0.331 e. The molecule has 3 rings (SSSR count). The molecule has 0 saturated heterocycles. The molecule has 1 N–H and O–H groups in total. The molecule has 0 amide bonds. The number of carboxylic acid groups (broad SMARTS) is 1. The molecular weight excluding hydrogens is 276 g/mol. The van der Waals surface area contributed by atoms with Gasteiger partial charge >= 0.3 is 5.97 Å². The van der Waals surface area contributed by atoms with Crippen molar-refractivity contribution in [1.82, 2.24) is 9.88 Å². The minimum absolute atomic E-state index is 0.511. The summed E-state index contributed by atoms with van der Waals surface area (Å²) in [5, 5.41) is 9.45. The van der Waals surface area contributed by atoms with Gasteiger partial charge in [-0.05, 0) is 29.2 Å². The molecule has 0 aliphatic carbocycles. The molecule has 22 heavy (non-hydrogen) atoms. The summed E-state index contributed by atoms with van der Waals surface area (Å²) in [6.07, 6.45) is 4.01. The Labute approximate surface area is 129 Å². The first-order valence-electron chi connectivity index (χ1n) is 7.36. The van der Waals surface area contributed by atoms with Gasteiger partial charge in [0.2, 0.25) is 0 Å². The van der Waals surface area contributed by atoms with Crippen molar-refractivity contribution in [3.63, 3.8) is 0 Å². The van der Waals surface area contributed by atoms with E-state index in [0.29, 0.717) is 18.5 Å². The highest BCUT2D eigenvalue weighted by atomic mass is 16.4. The van der Waals surface area contributed by atoms with E-state index in [4.69, 9.17) is 0 Å². The van der Waals surface area contributed by atoms with Crippen LogP contribution in [0.15, 0.2) is 60.4 Å². The fourth-order valence-corrected chi connectivity index (χ4v) is 2.84. The van der Waals surface area contributed by atoms with Crippen LogP contribution in [-0.2, 0) is 11.3 Å². The van der Waals surface area contributed by atoms with Crippen molar-refractivity contribution in [2.75, 3.05) is 13.1 Å². The number of aromatic nitrogens is 1. The van der Waals surface area contributed by atoms with Crippen molar-refractivity contribution in [2.24, 2.45) is 0 Å².